The molecule has 1 atom stereocenters. The van der Waals surface area contributed by atoms with Gasteiger partial charge in [-0.15, -0.1) is 0 Å². The van der Waals surface area contributed by atoms with Gasteiger partial charge in [-0.1, -0.05) is 12.1 Å². The van der Waals surface area contributed by atoms with Gasteiger partial charge in [0.15, 0.2) is 0 Å². The molecule has 3 rings (SSSR count). The highest BCUT2D eigenvalue weighted by Crippen LogP contribution is 2.23. The fraction of sp³-hybridized carbons (Fsp3) is 0.438. The van der Waals surface area contributed by atoms with Gasteiger partial charge in [0.1, 0.15) is 11.8 Å². The van der Waals surface area contributed by atoms with Crippen LogP contribution in [0, 0.1) is 0 Å². The molecule has 0 unspecified atom stereocenters. The molecule has 1 aromatic rings. The topological polar surface area (TPSA) is 70.2 Å². The summed E-state index contributed by atoms with van der Waals surface area (Å²) in [5.41, 5.74) is 0.464. The van der Waals surface area contributed by atoms with Crippen molar-refractivity contribution in [3.05, 3.63) is 29.8 Å². The maximum Gasteiger partial charge on any atom is 0.257 e. The molecule has 0 saturated carbocycles. The second kappa shape index (κ2) is 5.91. The highest BCUT2D eigenvalue weighted by molar-refractivity contribution is 5.99. The Morgan fingerprint density at radius 1 is 1.22 bits per heavy atom. The summed E-state index contributed by atoms with van der Waals surface area (Å²) >= 11 is 0. The van der Waals surface area contributed by atoms with Crippen LogP contribution in [0.15, 0.2) is 24.3 Å². The van der Waals surface area contributed by atoms with Gasteiger partial charge in [0.2, 0.25) is 11.8 Å². The summed E-state index contributed by atoms with van der Waals surface area (Å²) in [7, 11) is 3.13. The van der Waals surface area contributed by atoms with Gasteiger partial charge in [-0.25, -0.2) is 0 Å². The third-order valence-corrected chi connectivity index (χ3v) is 4.36. The Hall–Kier alpha value is -2.57. The van der Waals surface area contributed by atoms with E-state index in [1.165, 1.54) is 12.0 Å². The zero-order chi connectivity index (χ0) is 16.6. The molecule has 3 amide bonds. The van der Waals surface area contributed by atoms with Gasteiger partial charge in [0.05, 0.1) is 25.8 Å². The van der Waals surface area contributed by atoms with E-state index in [1.54, 1.807) is 41.1 Å². The molecule has 0 bridgehead atoms. The van der Waals surface area contributed by atoms with E-state index in [4.69, 9.17) is 4.74 Å². The summed E-state index contributed by atoms with van der Waals surface area (Å²) in [6.07, 6.45) is 0. The Balaban J connectivity index is 1.82. The van der Waals surface area contributed by atoms with E-state index in [1.807, 2.05) is 0 Å². The van der Waals surface area contributed by atoms with Crippen LogP contribution >= 0.6 is 0 Å². The second-order valence-electron chi connectivity index (χ2n) is 5.75. The van der Waals surface area contributed by atoms with Crippen molar-refractivity contribution in [3.8, 4) is 5.75 Å². The molecule has 2 aliphatic heterocycles. The van der Waals surface area contributed by atoms with Gasteiger partial charge >= 0.3 is 0 Å². The summed E-state index contributed by atoms with van der Waals surface area (Å²) < 4.78 is 5.23. The molecule has 2 heterocycles. The van der Waals surface area contributed by atoms with Gasteiger partial charge in [0.25, 0.3) is 5.91 Å². The molecule has 0 aliphatic carbocycles. The number of carbonyl (C=O) groups is 3. The van der Waals surface area contributed by atoms with E-state index in [0.29, 0.717) is 24.4 Å². The third kappa shape index (κ3) is 2.62. The van der Waals surface area contributed by atoms with Crippen molar-refractivity contribution in [1.82, 2.24) is 14.7 Å². The summed E-state index contributed by atoms with van der Waals surface area (Å²) in [4.78, 5) is 41.7. The number of para-hydroxylation sites is 1. The first-order chi connectivity index (χ1) is 11.0. The fourth-order valence-electron chi connectivity index (χ4n) is 3.09. The number of benzene rings is 1. The Morgan fingerprint density at radius 3 is 2.70 bits per heavy atom. The molecule has 23 heavy (non-hydrogen) atoms. The van der Waals surface area contributed by atoms with Gasteiger partial charge in [0, 0.05) is 20.1 Å². The van der Waals surface area contributed by atoms with Gasteiger partial charge in [-0.05, 0) is 12.1 Å². The first kappa shape index (κ1) is 15.3. The normalized spacial score (nSPS) is 21.3. The number of methoxy groups -OCH3 is 1. The molecule has 2 saturated heterocycles. The lowest BCUT2D eigenvalue weighted by Crippen LogP contribution is -2.66. The minimum atomic E-state index is -0.589. The number of rotatable bonds is 2. The van der Waals surface area contributed by atoms with Crippen LogP contribution in [0.4, 0.5) is 0 Å². The number of hydrogen-bond acceptors (Lipinski definition) is 4. The second-order valence-corrected chi connectivity index (χ2v) is 5.75. The van der Waals surface area contributed by atoms with E-state index in [0.717, 1.165) is 0 Å². The average Bonchev–Trinajstić information content (AvgIpc) is 2.58. The molecule has 1 aromatic carbocycles. The Kier molecular flexibility index (Phi) is 3.94. The van der Waals surface area contributed by atoms with Crippen molar-refractivity contribution < 1.29 is 19.1 Å². The molecule has 0 aromatic heterocycles. The smallest absolute Gasteiger partial charge is 0.257 e. The van der Waals surface area contributed by atoms with Crippen LogP contribution in [0.3, 0.4) is 0 Å². The SMILES string of the molecule is COc1ccccc1C(=O)N1CCN2C(=O)CN(C)C(=O)[C@H]2C1. The van der Waals surface area contributed by atoms with Crippen LogP contribution in [-0.2, 0) is 9.59 Å². The van der Waals surface area contributed by atoms with Crippen molar-refractivity contribution in [2.24, 2.45) is 0 Å². The largest absolute Gasteiger partial charge is 0.496 e. The summed E-state index contributed by atoms with van der Waals surface area (Å²) in [6, 6.07) is 6.41. The highest BCUT2D eigenvalue weighted by Gasteiger charge is 2.42. The van der Waals surface area contributed by atoms with Crippen molar-refractivity contribution in [2.45, 2.75) is 6.04 Å². The minimum absolute atomic E-state index is 0.0681. The molecule has 2 fully saturated rings. The number of carbonyl (C=O) groups excluding carboxylic acids is 3. The summed E-state index contributed by atoms with van der Waals surface area (Å²) in [5, 5.41) is 0. The molecule has 122 valence electrons. The molecule has 7 nitrogen and oxygen atoms in total. The molecular formula is C16H19N3O4. The van der Waals surface area contributed by atoms with Crippen LogP contribution in [-0.4, -0.2) is 78.8 Å². The highest BCUT2D eigenvalue weighted by atomic mass is 16.5. The number of ether oxygens (including phenoxy) is 1. The van der Waals surface area contributed by atoms with Gasteiger partial charge in [-0.2, -0.15) is 0 Å². The van der Waals surface area contributed by atoms with E-state index in [-0.39, 0.29) is 30.8 Å². The van der Waals surface area contributed by atoms with E-state index < -0.39 is 6.04 Å². The third-order valence-electron chi connectivity index (χ3n) is 4.36. The minimum Gasteiger partial charge on any atom is -0.496 e. The number of nitrogens with zero attached hydrogens (tertiary/aromatic N) is 3. The standard InChI is InChI=1S/C16H19N3O4/c1-17-10-14(20)19-8-7-18(9-12(19)16(17)22)15(21)11-5-3-4-6-13(11)23-2/h3-6,12H,7-10H2,1-2H3/t12-/m1/s1. The lowest BCUT2D eigenvalue weighted by atomic mass is 10.1. The quantitative estimate of drug-likeness (QED) is 0.759. The monoisotopic (exact) mass is 317 g/mol. The fourth-order valence-corrected chi connectivity index (χ4v) is 3.09. The summed E-state index contributed by atoms with van der Waals surface area (Å²) in [6.45, 7) is 1.11. The van der Waals surface area contributed by atoms with Gasteiger partial charge in [-0.3, -0.25) is 14.4 Å². The zero-order valence-corrected chi connectivity index (χ0v) is 13.2. The predicted octanol–water partition coefficient (Wildman–Crippen LogP) is -0.180. The van der Waals surface area contributed by atoms with E-state index in [2.05, 4.69) is 0 Å². The number of fused-ring (bicyclic) bond motifs is 1. The Bertz CT molecular complexity index is 660. The molecule has 7 heteroatoms. The number of hydrogen-bond donors (Lipinski definition) is 0. The van der Waals surface area contributed by atoms with E-state index in [9.17, 15) is 14.4 Å². The molecule has 0 N–H and O–H groups in total. The van der Waals surface area contributed by atoms with Crippen LogP contribution in [0.5, 0.6) is 5.75 Å². The van der Waals surface area contributed by atoms with Crippen molar-refractivity contribution >= 4 is 17.7 Å². The lowest BCUT2D eigenvalue weighted by Gasteiger charge is -2.45. The Labute approximate surface area is 134 Å². The van der Waals surface area contributed by atoms with Crippen molar-refractivity contribution in [3.63, 3.8) is 0 Å². The van der Waals surface area contributed by atoms with Crippen LogP contribution in [0.25, 0.3) is 0 Å². The van der Waals surface area contributed by atoms with Crippen molar-refractivity contribution in [2.75, 3.05) is 40.3 Å². The molecule has 2 aliphatic rings. The average molecular weight is 317 g/mol. The summed E-state index contributed by atoms with van der Waals surface area (Å²) in [5.74, 6) is 0.127. The number of piperazine rings is 2. The maximum atomic E-state index is 12.7. The number of likely N-dealkylation sites (N-methyl/N-ethyl adjacent to an activating group) is 1. The molecule has 0 radical (unpaired) electrons. The maximum absolute atomic E-state index is 12.7. The van der Waals surface area contributed by atoms with Crippen LogP contribution in [0.1, 0.15) is 10.4 Å². The first-order valence-electron chi connectivity index (χ1n) is 7.49. The van der Waals surface area contributed by atoms with Crippen molar-refractivity contribution in [1.29, 1.82) is 0 Å². The number of amides is 3. The molecular weight excluding hydrogens is 298 g/mol. The first-order valence-corrected chi connectivity index (χ1v) is 7.49. The molecule has 0 spiro atoms. The van der Waals surface area contributed by atoms with E-state index >= 15 is 0 Å². The lowest BCUT2D eigenvalue weighted by molar-refractivity contribution is -0.157. The predicted molar refractivity (Wildman–Crippen MR) is 82.0 cm³/mol. The Morgan fingerprint density at radius 2 is 1.96 bits per heavy atom. The van der Waals surface area contributed by atoms with Crippen LogP contribution < -0.4 is 4.74 Å². The zero-order valence-electron chi connectivity index (χ0n) is 13.2. The van der Waals surface area contributed by atoms with Gasteiger partial charge < -0.3 is 19.4 Å². The van der Waals surface area contributed by atoms with Crippen LogP contribution in [0.2, 0.25) is 0 Å².